The molecule has 1 heterocycles. The van der Waals surface area contributed by atoms with Crippen molar-refractivity contribution in [3.05, 3.63) is 17.9 Å². The fourth-order valence-corrected chi connectivity index (χ4v) is 2.33. The van der Waals surface area contributed by atoms with E-state index in [1.807, 2.05) is 0 Å². The summed E-state index contributed by atoms with van der Waals surface area (Å²) in [5.41, 5.74) is 0. The van der Waals surface area contributed by atoms with Crippen LogP contribution in [0.3, 0.4) is 0 Å². The van der Waals surface area contributed by atoms with E-state index in [9.17, 15) is 13.2 Å². The lowest BCUT2D eigenvalue weighted by molar-refractivity contribution is -0.140. The SMILES string of the molecule is Cc1ccc(NCC(CS(C)(=O)=O)C(=O)O)o1. The minimum absolute atomic E-state index is 0.00928. The number of hydrogen-bond donors (Lipinski definition) is 2. The predicted octanol–water partition coefficient (Wildman–Crippen LogP) is 0.745. The van der Waals surface area contributed by atoms with Gasteiger partial charge in [0.25, 0.3) is 0 Å². The van der Waals surface area contributed by atoms with E-state index in [-0.39, 0.29) is 6.54 Å². The van der Waals surface area contributed by atoms with Crippen molar-refractivity contribution in [1.82, 2.24) is 0 Å². The number of furan rings is 1. The molecular formula is C10H15NO5S. The Labute approximate surface area is 99.5 Å². The standard InChI is InChI=1S/C10H15NO5S/c1-7-3-4-9(16-7)11-5-8(10(12)13)6-17(2,14)15/h3-4,8,11H,5-6H2,1-2H3,(H,12,13). The third kappa shape index (κ3) is 4.90. The van der Waals surface area contributed by atoms with Crippen molar-refractivity contribution in [3.63, 3.8) is 0 Å². The van der Waals surface area contributed by atoms with E-state index in [0.29, 0.717) is 11.6 Å². The highest BCUT2D eigenvalue weighted by Gasteiger charge is 2.22. The zero-order valence-corrected chi connectivity index (χ0v) is 10.5. The Morgan fingerprint density at radius 3 is 2.59 bits per heavy atom. The normalized spacial score (nSPS) is 13.3. The van der Waals surface area contributed by atoms with Gasteiger partial charge in [-0.25, -0.2) is 8.42 Å². The number of aliphatic carboxylic acids is 1. The third-order valence-electron chi connectivity index (χ3n) is 2.12. The Morgan fingerprint density at radius 1 is 1.53 bits per heavy atom. The molecule has 7 heteroatoms. The van der Waals surface area contributed by atoms with E-state index in [0.717, 1.165) is 6.26 Å². The fourth-order valence-electron chi connectivity index (χ4n) is 1.34. The second-order valence-corrected chi connectivity index (χ2v) is 6.10. The molecular weight excluding hydrogens is 246 g/mol. The molecule has 0 aliphatic carbocycles. The Balaban J connectivity index is 2.59. The lowest BCUT2D eigenvalue weighted by Gasteiger charge is -2.11. The van der Waals surface area contributed by atoms with Crippen molar-refractivity contribution in [2.45, 2.75) is 6.92 Å². The van der Waals surface area contributed by atoms with Crippen LogP contribution in [-0.4, -0.2) is 38.0 Å². The number of carboxylic acids is 1. The maximum atomic E-state index is 11.0. The summed E-state index contributed by atoms with van der Waals surface area (Å²) in [5, 5.41) is 11.6. The van der Waals surface area contributed by atoms with Gasteiger partial charge >= 0.3 is 5.97 Å². The van der Waals surface area contributed by atoms with Gasteiger partial charge in [-0.05, 0) is 13.0 Å². The van der Waals surface area contributed by atoms with Crippen LogP contribution < -0.4 is 5.32 Å². The molecule has 1 aromatic heterocycles. The Hall–Kier alpha value is -1.50. The topological polar surface area (TPSA) is 96.6 Å². The Bertz CT molecular complexity index is 491. The van der Waals surface area contributed by atoms with Gasteiger partial charge < -0.3 is 14.8 Å². The number of carboxylic acid groups (broad SMARTS) is 1. The molecule has 1 unspecified atom stereocenters. The van der Waals surface area contributed by atoms with Crippen molar-refractivity contribution in [3.8, 4) is 0 Å². The molecule has 6 nitrogen and oxygen atoms in total. The average molecular weight is 261 g/mol. The summed E-state index contributed by atoms with van der Waals surface area (Å²) in [6.07, 6.45) is 1.01. The highest BCUT2D eigenvalue weighted by atomic mass is 32.2. The Kier molecular flexibility index (Phi) is 4.17. The minimum Gasteiger partial charge on any atom is -0.481 e. The second-order valence-electron chi connectivity index (χ2n) is 3.92. The van der Waals surface area contributed by atoms with Gasteiger partial charge in [0.05, 0.1) is 11.7 Å². The lowest BCUT2D eigenvalue weighted by Crippen LogP contribution is -2.29. The molecule has 1 atom stereocenters. The number of aryl methyl sites for hydroxylation is 1. The van der Waals surface area contributed by atoms with Crippen LogP contribution in [0, 0.1) is 12.8 Å². The maximum Gasteiger partial charge on any atom is 0.309 e. The largest absolute Gasteiger partial charge is 0.481 e. The van der Waals surface area contributed by atoms with Gasteiger partial charge in [-0.1, -0.05) is 0 Å². The van der Waals surface area contributed by atoms with Crippen LogP contribution >= 0.6 is 0 Å². The van der Waals surface area contributed by atoms with Crippen LogP contribution in [0.2, 0.25) is 0 Å². The molecule has 0 aromatic carbocycles. The number of hydrogen-bond acceptors (Lipinski definition) is 5. The van der Waals surface area contributed by atoms with Crippen LogP contribution in [-0.2, 0) is 14.6 Å². The van der Waals surface area contributed by atoms with Crippen molar-refractivity contribution in [2.75, 3.05) is 23.9 Å². The number of rotatable bonds is 6. The fraction of sp³-hybridized carbons (Fsp3) is 0.500. The van der Waals surface area contributed by atoms with E-state index in [1.54, 1.807) is 19.1 Å². The molecule has 0 fully saturated rings. The van der Waals surface area contributed by atoms with E-state index in [1.165, 1.54) is 0 Å². The molecule has 0 bridgehead atoms. The Morgan fingerprint density at radius 2 is 2.18 bits per heavy atom. The summed E-state index contributed by atoms with van der Waals surface area (Å²) in [7, 11) is -3.32. The molecule has 0 aliphatic rings. The highest BCUT2D eigenvalue weighted by molar-refractivity contribution is 7.90. The second kappa shape index (κ2) is 5.22. The molecule has 0 radical (unpaired) electrons. The van der Waals surface area contributed by atoms with E-state index in [2.05, 4.69) is 5.32 Å². The maximum absolute atomic E-state index is 11.0. The molecule has 1 aromatic rings. The molecule has 0 saturated heterocycles. The van der Waals surface area contributed by atoms with Gasteiger partial charge in [-0.3, -0.25) is 4.79 Å². The van der Waals surface area contributed by atoms with E-state index < -0.39 is 27.5 Å². The molecule has 96 valence electrons. The number of anilines is 1. The molecule has 0 aliphatic heterocycles. The predicted molar refractivity (Wildman–Crippen MR) is 62.8 cm³/mol. The first-order chi connectivity index (χ1) is 7.78. The van der Waals surface area contributed by atoms with Crippen molar-refractivity contribution < 1.29 is 22.7 Å². The van der Waals surface area contributed by atoms with Gasteiger partial charge in [0.15, 0.2) is 5.88 Å². The minimum atomic E-state index is -3.32. The van der Waals surface area contributed by atoms with Gasteiger partial charge in [0, 0.05) is 18.9 Å². The summed E-state index contributed by atoms with van der Waals surface area (Å²) < 4.78 is 27.3. The monoisotopic (exact) mass is 261 g/mol. The summed E-state index contributed by atoms with van der Waals surface area (Å²) >= 11 is 0. The van der Waals surface area contributed by atoms with Crippen LogP contribution in [0.1, 0.15) is 5.76 Å². The van der Waals surface area contributed by atoms with Gasteiger partial charge in [-0.15, -0.1) is 0 Å². The van der Waals surface area contributed by atoms with Gasteiger partial charge in [-0.2, -0.15) is 0 Å². The van der Waals surface area contributed by atoms with Crippen molar-refractivity contribution in [1.29, 1.82) is 0 Å². The van der Waals surface area contributed by atoms with E-state index in [4.69, 9.17) is 9.52 Å². The number of sulfone groups is 1. The van der Waals surface area contributed by atoms with Crippen LogP contribution in [0.5, 0.6) is 0 Å². The van der Waals surface area contributed by atoms with Gasteiger partial charge in [0.1, 0.15) is 15.6 Å². The first-order valence-electron chi connectivity index (χ1n) is 4.99. The molecule has 1 rings (SSSR count). The zero-order chi connectivity index (χ0) is 13.1. The molecule has 2 N–H and O–H groups in total. The van der Waals surface area contributed by atoms with Gasteiger partial charge in [0.2, 0.25) is 0 Å². The summed E-state index contributed by atoms with van der Waals surface area (Å²) in [6, 6.07) is 3.39. The molecule has 0 saturated carbocycles. The van der Waals surface area contributed by atoms with E-state index >= 15 is 0 Å². The van der Waals surface area contributed by atoms with Crippen molar-refractivity contribution >= 4 is 21.7 Å². The summed E-state index contributed by atoms with van der Waals surface area (Å²) in [5.74, 6) is -1.40. The highest BCUT2D eigenvalue weighted by Crippen LogP contribution is 2.13. The van der Waals surface area contributed by atoms with Crippen LogP contribution in [0.15, 0.2) is 16.5 Å². The van der Waals surface area contributed by atoms with Crippen LogP contribution in [0.4, 0.5) is 5.88 Å². The number of nitrogens with one attached hydrogen (secondary N) is 1. The number of carbonyl (C=O) groups is 1. The molecule has 0 amide bonds. The molecule has 0 spiro atoms. The first kappa shape index (κ1) is 13.6. The van der Waals surface area contributed by atoms with Crippen LogP contribution in [0.25, 0.3) is 0 Å². The summed E-state index contributed by atoms with van der Waals surface area (Å²) in [6.45, 7) is 1.77. The summed E-state index contributed by atoms with van der Waals surface area (Å²) in [4.78, 5) is 10.9. The third-order valence-corrected chi connectivity index (χ3v) is 3.12. The van der Waals surface area contributed by atoms with Crippen molar-refractivity contribution in [2.24, 2.45) is 5.92 Å². The zero-order valence-electron chi connectivity index (χ0n) is 9.63. The quantitative estimate of drug-likeness (QED) is 0.784. The first-order valence-corrected chi connectivity index (χ1v) is 7.05. The average Bonchev–Trinajstić information content (AvgIpc) is 2.56. The molecule has 17 heavy (non-hydrogen) atoms. The lowest BCUT2D eigenvalue weighted by atomic mass is 10.2. The smallest absolute Gasteiger partial charge is 0.309 e.